The minimum Gasteiger partial charge on any atom is -0.208 e. The van der Waals surface area contributed by atoms with Crippen molar-refractivity contribution in [2.75, 3.05) is 0 Å². The molecule has 0 amide bonds. The summed E-state index contributed by atoms with van der Waals surface area (Å²) in [6.45, 7) is 0. The Morgan fingerprint density at radius 1 is 0.283 bits per heavy atom. The highest BCUT2D eigenvalue weighted by atomic mass is 32.1. The molecule has 3 nitrogen and oxygen atoms in total. The molecule has 11 aromatic rings. The van der Waals surface area contributed by atoms with Gasteiger partial charge in [-0.3, -0.25) is 0 Å². The normalized spacial score (nSPS) is 11.8. The highest BCUT2D eigenvalue weighted by Crippen LogP contribution is 2.43. The molecule has 0 spiro atoms. The first-order valence-corrected chi connectivity index (χ1v) is 18.7. The van der Waals surface area contributed by atoms with Gasteiger partial charge >= 0.3 is 0 Å². The fraction of sp³-hybridized carbons (Fsp3) is 0. The van der Waals surface area contributed by atoms with Gasteiger partial charge in [0.05, 0.1) is 0 Å². The molecule has 0 saturated carbocycles. The average Bonchev–Trinajstić information content (AvgIpc) is 3.61. The molecule has 0 bridgehead atoms. The number of fused-ring (bicyclic) bond motifs is 11. The summed E-state index contributed by atoms with van der Waals surface area (Å²) in [5, 5.41) is 12.6. The van der Waals surface area contributed by atoms with Gasteiger partial charge in [0.25, 0.3) is 0 Å². The smallest absolute Gasteiger partial charge is 0.164 e. The van der Waals surface area contributed by atoms with Crippen molar-refractivity contribution in [3.05, 3.63) is 176 Å². The first kappa shape index (κ1) is 29.9. The van der Waals surface area contributed by atoms with E-state index in [0.717, 1.165) is 22.3 Å². The quantitative estimate of drug-likeness (QED) is 0.172. The van der Waals surface area contributed by atoms with Crippen LogP contribution in [0.3, 0.4) is 0 Å². The van der Waals surface area contributed by atoms with Crippen molar-refractivity contribution in [2.24, 2.45) is 0 Å². The molecule has 246 valence electrons. The Hall–Kier alpha value is -6.75. The summed E-state index contributed by atoms with van der Waals surface area (Å²) in [6.07, 6.45) is 0. The number of aromatic nitrogens is 3. The third-order valence-electron chi connectivity index (χ3n) is 10.5. The molecule has 0 aliphatic carbocycles. The van der Waals surface area contributed by atoms with Crippen molar-refractivity contribution in [1.29, 1.82) is 0 Å². The Bertz CT molecular complexity index is 3220. The predicted molar refractivity (Wildman–Crippen MR) is 224 cm³/mol. The fourth-order valence-electron chi connectivity index (χ4n) is 8.02. The number of thiophene rings is 1. The van der Waals surface area contributed by atoms with E-state index in [9.17, 15) is 0 Å². The van der Waals surface area contributed by atoms with E-state index in [2.05, 4.69) is 158 Å². The van der Waals surface area contributed by atoms with Crippen molar-refractivity contribution in [1.82, 2.24) is 15.0 Å². The van der Waals surface area contributed by atoms with Crippen molar-refractivity contribution >= 4 is 74.6 Å². The minimum atomic E-state index is 0.650. The summed E-state index contributed by atoms with van der Waals surface area (Å²) in [4.78, 5) is 15.2. The highest BCUT2D eigenvalue weighted by molar-refractivity contribution is 7.25. The lowest BCUT2D eigenvalue weighted by Gasteiger charge is -2.16. The Labute approximate surface area is 309 Å². The van der Waals surface area contributed by atoms with E-state index in [4.69, 9.17) is 15.0 Å². The Balaban J connectivity index is 1.08. The zero-order valence-corrected chi connectivity index (χ0v) is 29.3. The Kier molecular flexibility index (Phi) is 6.73. The van der Waals surface area contributed by atoms with Crippen LogP contribution >= 0.6 is 11.3 Å². The first-order valence-electron chi connectivity index (χ1n) is 17.9. The minimum absolute atomic E-state index is 0.650. The number of rotatable bonds is 4. The molecule has 0 unspecified atom stereocenters. The predicted octanol–water partition coefficient (Wildman–Crippen LogP) is 13.5. The van der Waals surface area contributed by atoms with Crippen molar-refractivity contribution in [3.63, 3.8) is 0 Å². The second-order valence-electron chi connectivity index (χ2n) is 13.5. The van der Waals surface area contributed by atoms with Crippen molar-refractivity contribution in [2.45, 2.75) is 0 Å². The van der Waals surface area contributed by atoms with Crippen molar-refractivity contribution < 1.29 is 0 Å². The Morgan fingerprint density at radius 3 is 1.43 bits per heavy atom. The maximum Gasteiger partial charge on any atom is 0.164 e. The number of nitrogens with zero attached hydrogens (tertiary/aromatic N) is 3. The average molecular weight is 692 g/mol. The number of hydrogen-bond donors (Lipinski definition) is 0. The van der Waals surface area contributed by atoms with Gasteiger partial charge in [0.15, 0.2) is 17.5 Å². The molecule has 11 rings (SSSR count). The maximum atomic E-state index is 5.11. The van der Waals surface area contributed by atoms with Gasteiger partial charge in [-0.1, -0.05) is 146 Å². The lowest BCUT2D eigenvalue weighted by atomic mass is 9.87. The van der Waals surface area contributed by atoms with Gasteiger partial charge in [0, 0.05) is 36.9 Å². The molecule has 0 saturated heterocycles. The van der Waals surface area contributed by atoms with Crippen LogP contribution in [0.15, 0.2) is 176 Å². The second-order valence-corrected chi connectivity index (χ2v) is 14.6. The summed E-state index contributed by atoms with van der Waals surface area (Å²) in [5.41, 5.74) is 5.23. The van der Waals surface area contributed by atoms with Crippen LogP contribution in [0.2, 0.25) is 0 Å². The molecule has 0 aliphatic rings. The van der Waals surface area contributed by atoms with Crippen LogP contribution in [-0.2, 0) is 0 Å². The van der Waals surface area contributed by atoms with E-state index in [-0.39, 0.29) is 0 Å². The lowest BCUT2D eigenvalue weighted by molar-refractivity contribution is 1.07. The molecular formula is C49H29N3S. The van der Waals surface area contributed by atoms with Gasteiger partial charge < -0.3 is 0 Å². The largest absolute Gasteiger partial charge is 0.208 e. The zero-order valence-electron chi connectivity index (χ0n) is 28.5. The second kappa shape index (κ2) is 11.9. The molecule has 0 fully saturated rings. The summed E-state index contributed by atoms with van der Waals surface area (Å²) < 4.78 is 2.53. The third kappa shape index (κ3) is 4.84. The summed E-state index contributed by atoms with van der Waals surface area (Å²) in [6, 6.07) is 62.8. The van der Waals surface area contributed by atoms with Crippen LogP contribution in [0, 0.1) is 0 Å². The standard InChI is InChI=1S/C49H29N3S/c1-2-12-31(13-3-1)47-50-48(52-49(51-47)33-26-27-45-42(28-33)38-18-10-11-21-44(38)53-45)32-24-22-30(23-25-32)41-29-43-36-16-5-4-14-34(36)35-15-6-8-19-39(35)46(43)40-20-9-7-17-37(40)41/h1-29H. The molecule has 0 radical (unpaired) electrons. The number of hydrogen-bond acceptors (Lipinski definition) is 4. The molecule has 53 heavy (non-hydrogen) atoms. The molecule has 0 atom stereocenters. The van der Waals surface area contributed by atoms with Crippen LogP contribution in [0.25, 0.3) is 109 Å². The molecule has 0 aliphatic heterocycles. The molecule has 2 heterocycles. The SMILES string of the molecule is c1ccc(-c2nc(-c3ccc(-c4cc5c6ccccc6c6ccccc6c5c5ccccc45)cc3)nc(-c3ccc4sc5ccccc5c4c3)n2)cc1. The van der Waals surface area contributed by atoms with Gasteiger partial charge in [-0.25, -0.2) is 15.0 Å². The van der Waals surface area contributed by atoms with E-state index < -0.39 is 0 Å². The van der Waals surface area contributed by atoms with Gasteiger partial charge in [-0.15, -0.1) is 11.3 Å². The molecule has 0 N–H and O–H groups in total. The van der Waals surface area contributed by atoms with E-state index >= 15 is 0 Å². The fourth-order valence-corrected chi connectivity index (χ4v) is 9.11. The molecule has 4 heteroatoms. The maximum absolute atomic E-state index is 5.11. The monoisotopic (exact) mass is 691 g/mol. The van der Waals surface area contributed by atoms with E-state index in [1.54, 1.807) is 0 Å². The van der Waals surface area contributed by atoms with Crippen LogP contribution < -0.4 is 0 Å². The van der Waals surface area contributed by atoms with E-state index in [1.807, 2.05) is 29.5 Å². The zero-order chi connectivity index (χ0) is 34.9. The van der Waals surface area contributed by atoms with Crippen LogP contribution in [0.1, 0.15) is 0 Å². The number of benzene rings is 9. The highest BCUT2D eigenvalue weighted by Gasteiger charge is 2.17. The summed E-state index contributed by atoms with van der Waals surface area (Å²) in [5.74, 6) is 1.97. The van der Waals surface area contributed by atoms with E-state index in [1.165, 1.54) is 68.8 Å². The summed E-state index contributed by atoms with van der Waals surface area (Å²) in [7, 11) is 0. The topological polar surface area (TPSA) is 38.7 Å². The molecule has 9 aromatic carbocycles. The van der Waals surface area contributed by atoms with Crippen LogP contribution in [-0.4, -0.2) is 15.0 Å². The first-order chi connectivity index (χ1) is 26.3. The summed E-state index contributed by atoms with van der Waals surface area (Å²) >= 11 is 1.81. The third-order valence-corrected chi connectivity index (χ3v) is 11.7. The molecule has 2 aromatic heterocycles. The van der Waals surface area contributed by atoms with Crippen molar-refractivity contribution in [3.8, 4) is 45.3 Å². The Morgan fingerprint density at radius 2 is 0.736 bits per heavy atom. The van der Waals surface area contributed by atoms with Crippen LogP contribution in [0.5, 0.6) is 0 Å². The van der Waals surface area contributed by atoms with E-state index in [0.29, 0.717) is 17.5 Å². The lowest BCUT2D eigenvalue weighted by Crippen LogP contribution is -2.00. The van der Waals surface area contributed by atoms with Crippen LogP contribution in [0.4, 0.5) is 0 Å². The molecular weight excluding hydrogens is 663 g/mol. The van der Waals surface area contributed by atoms with Gasteiger partial charge in [0.1, 0.15) is 0 Å². The van der Waals surface area contributed by atoms with Gasteiger partial charge in [-0.2, -0.15) is 0 Å². The van der Waals surface area contributed by atoms with Gasteiger partial charge in [-0.05, 0) is 84.5 Å². The van der Waals surface area contributed by atoms with Gasteiger partial charge in [0.2, 0.25) is 0 Å².